The van der Waals surface area contributed by atoms with Gasteiger partial charge < -0.3 is 4.90 Å². The maximum atomic E-state index is 12.2. The fourth-order valence-electron chi connectivity index (χ4n) is 2.05. The zero-order valence-corrected chi connectivity index (χ0v) is 12.0. The van der Waals surface area contributed by atoms with Crippen LogP contribution in [0.5, 0.6) is 0 Å². The molecule has 0 spiro atoms. The number of H-pyrrole nitrogens is 1. The molecule has 0 radical (unpaired) electrons. The second-order valence-corrected chi connectivity index (χ2v) is 4.62. The quantitative estimate of drug-likeness (QED) is 0.655. The highest BCUT2D eigenvalue weighted by atomic mass is 16.6. The first kappa shape index (κ1) is 14.7. The van der Waals surface area contributed by atoms with Crippen LogP contribution in [0, 0.1) is 17.0 Å². The van der Waals surface area contributed by atoms with Crippen molar-refractivity contribution in [3.8, 4) is 0 Å². The topological polar surface area (TPSA) is 110 Å². The molecule has 0 fully saturated rings. The van der Waals surface area contributed by atoms with Crippen LogP contribution in [-0.2, 0) is 13.1 Å². The molecule has 0 bridgehead atoms. The number of nitrogens with zero attached hydrogens (tertiary/aromatic N) is 5. The van der Waals surface area contributed by atoms with Crippen molar-refractivity contribution in [1.82, 2.24) is 24.9 Å². The van der Waals surface area contributed by atoms with E-state index in [0.717, 1.165) is 24.0 Å². The number of rotatable bonds is 5. The van der Waals surface area contributed by atoms with Gasteiger partial charge in [0.25, 0.3) is 5.91 Å². The van der Waals surface area contributed by atoms with Crippen LogP contribution in [0.25, 0.3) is 0 Å². The molecule has 2 aromatic heterocycles. The smallest absolute Gasteiger partial charge is 0.319 e. The van der Waals surface area contributed by atoms with Gasteiger partial charge in [0.15, 0.2) is 0 Å². The second-order valence-electron chi connectivity index (χ2n) is 4.62. The third-order valence-electron chi connectivity index (χ3n) is 3.29. The van der Waals surface area contributed by atoms with Gasteiger partial charge in [0, 0.05) is 31.4 Å². The molecule has 9 heteroatoms. The first-order valence-corrected chi connectivity index (χ1v) is 6.40. The molecule has 1 N–H and O–H groups in total. The van der Waals surface area contributed by atoms with Gasteiger partial charge in [0.1, 0.15) is 6.20 Å². The number of aromatic amines is 1. The van der Waals surface area contributed by atoms with E-state index < -0.39 is 10.8 Å². The summed E-state index contributed by atoms with van der Waals surface area (Å²) in [5, 5.41) is 21.0. The van der Waals surface area contributed by atoms with E-state index in [1.807, 2.05) is 18.5 Å². The Balaban J connectivity index is 2.17. The Morgan fingerprint density at radius 1 is 1.52 bits per heavy atom. The van der Waals surface area contributed by atoms with E-state index in [4.69, 9.17) is 0 Å². The molecular formula is C12H16N6O3. The Kier molecular flexibility index (Phi) is 4.01. The number of carbonyl (C=O) groups is 1. The molecular weight excluding hydrogens is 276 g/mol. The number of nitrogens with one attached hydrogen (secondary N) is 1. The average molecular weight is 292 g/mol. The molecule has 0 saturated carbocycles. The molecule has 9 nitrogen and oxygen atoms in total. The number of aryl methyl sites for hydroxylation is 1. The van der Waals surface area contributed by atoms with Gasteiger partial charge in [-0.05, 0) is 13.8 Å². The Bertz CT molecular complexity index is 674. The second kappa shape index (κ2) is 5.73. The molecule has 0 aromatic carbocycles. The summed E-state index contributed by atoms with van der Waals surface area (Å²) >= 11 is 0. The van der Waals surface area contributed by atoms with E-state index in [9.17, 15) is 14.9 Å². The lowest BCUT2D eigenvalue weighted by Gasteiger charge is -2.15. The van der Waals surface area contributed by atoms with Crippen molar-refractivity contribution in [1.29, 1.82) is 0 Å². The van der Waals surface area contributed by atoms with E-state index in [2.05, 4.69) is 15.3 Å². The highest BCUT2D eigenvalue weighted by Gasteiger charge is 2.25. The molecule has 1 amide bonds. The molecule has 0 aliphatic carbocycles. The molecule has 0 atom stereocenters. The summed E-state index contributed by atoms with van der Waals surface area (Å²) in [7, 11) is 1.58. The van der Waals surface area contributed by atoms with Crippen molar-refractivity contribution in [2.75, 3.05) is 7.05 Å². The third-order valence-corrected chi connectivity index (χ3v) is 3.29. The lowest BCUT2D eigenvalue weighted by Crippen LogP contribution is -2.27. The van der Waals surface area contributed by atoms with Crippen LogP contribution < -0.4 is 0 Å². The summed E-state index contributed by atoms with van der Waals surface area (Å²) in [6, 6.07) is 0. The predicted molar refractivity (Wildman–Crippen MR) is 73.7 cm³/mol. The Morgan fingerprint density at radius 3 is 2.81 bits per heavy atom. The van der Waals surface area contributed by atoms with E-state index in [1.165, 1.54) is 4.90 Å². The van der Waals surface area contributed by atoms with Gasteiger partial charge in [-0.2, -0.15) is 10.2 Å². The SMILES string of the molecule is CCn1ncc(CN(C)C(=O)c2[nH]ncc2[N+](=O)[O-])c1C. The Morgan fingerprint density at radius 2 is 2.24 bits per heavy atom. The van der Waals surface area contributed by atoms with E-state index in [-0.39, 0.29) is 11.4 Å². The third kappa shape index (κ3) is 2.76. The predicted octanol–water partition coefficient (Wildman–Crippen LogP) is 1.11. The summed E-state index contributed by atoms with van der Waals surface area (Å²) in [5.41, 5.74) is 1.42. The van der Waals surface area contributed by atoms with Gasteiger partial charge >= 0.3 is 5.69 Å². The highest BCUT2D eigenvalue weighted by Crippen LogP contribution is 2.18. The number of nitro groups is 1. The minimum absolute atomic E-state index is 0.122. The summed E-state index contributed by atoms with van der Waals surface area (Å²) in [6.45, 7) is 4.96. The van der Waals surface area contributed by atoms with Crippen LogP contribution >= 0.6 is 0 Å². The van der Waals surface area contributed by atoms with Crippen molar-refractivity contribution in [3.63, 3.8) is 0 Å². The van der Waals surface area contributed by atoms with Crippen LogP contribution in [0.15, 0.2) is 12.4 Å². The van der Waals surface area contributed by atoms with Crippen molar-refractivity contribution < 1.29 is 9.72 Å². The summed E-state index contributed by atoms with van der Waals surface area (Å²) < 4.78 is 1.83. The van der Waals surface area contributed by atoms with Crippen LogP contribution in [0.2, 0.25) is 0 Å². The van der Waals surface area contributed by atoms with E-state index >= 15 is 0 Å². The van der Waals surface area contributed by atoms with E-state index in [1.54, 1.807) is 13.2 Å². The molecule has 2 heterocycles. The molecule has 0 unspecified atom stereocenters. The maximum absolute atomic E-state index is 12.2. The first-order chi connectivity index (χ1) is 9.95. The highest BCUT2D eigenvalue weighted by molar-refractivity contribution is 5.95. The van der Waals surface area contributed by atoms with Crippen molar-refractivity contribution in [3.05, 3.63) is 39.5 Å². The lowest BCUT2D eigenvalue weighted by molar-refractivity contribution is -0.385. The molecule has 0 aliphatic heterocycles. The van der Waals surface area contributed by atoms with Gasteiger partial charge in [0.05, 0.1) is 11.1 Å². The Labute approximate surface area is 120 Å². The van der Waals surface area contributed by atoms with Crippen LogP contribution in [0.1, 0.15) is 28.7 Å². The molecule has 0 aliphatic rings. The summed E-state index contributed by atoms with van der Waals surface area (Å²) in [5.74, 6) is -0.483. The monoisotopic (exact) mass is 292 g/mol. The maximum Gasteiger partial charge on any atom is 0.319 e. The fraction of sp³-hybridized carbons (Fsp3) is 0.417. The number of hydrogen-bond donors (Lipinski definition) is 1. The number of hydrogen-bond acceptors (Lipinski definition) is 5. The average Bonchev–Trinajstić information content (AvgIpc) is 3.06. The normalized spacial score (nSPS) is 10.6. The number of amides is 1. The van der Waals surface area contributed by atoms with Crippen molar-refractivity contribution in [2.24, 2.45) is 0 Å². The van der Waals surface area contributed by atoms with Gasteiger partial charge in [0.2, 0.25) is 5.69 Å². The molecule has 0 saturated heterocycles. The minimum atomic E-state index is -0.634. The van der Waals surface area contributed by atoms with Crippen LogP contribution in [-0.4, -0.2) is 42.8 Å². The zero-order chi connectivity index (χ0) is 15.6. The summed E-state index contributed by atoms with van der Waals surface area (Å²) in [6.07, 6.45) is 2.73. The standard InChI is InChI=1S/C12H16N6O3/c1-4-17-8(2)9(5-14-17)7-16(3)12(19)11-10(18(20)21)6-13-15-11/h5-6H,4,7H2,1-3H3,(H,13,15). The number of aromatic nitrogens is 4. The minimum Gasteiger partial charge on any atom is -0.336 e. The first-order valence-electron chi connectivity index (χ1n) is 6.40. The lowest BCUT2D eigenvalue weighted by atomic mass is 10.2. The summed E-state index contributed by atoms with van der Waals surface area (Å²) in [4.78, 5) is 23.8. The number of carbonyl (C=O) groups excluding carboxylic acids is 1. The molecule has 21 heavy (non-hydrogen) atoms. The largest absolute Gasteiger partial charge is 0.336 e. The molecule has 112 valence electrons. The van der Waals surface area contributed by atoms with Crippen molar-refractivity contribution >= 4 is 11.6 Å². The van der Waals surface area contributed by atoms with Gasteiger partial charge in [-0.15, -0.1) is 0 Å². The van der Waals surface area contributed by atoms with Crippen molar-refractivity contribution in [2.45, 2.75) is 26.9 Å². The molecule has 2 aromatic rings. The van der Waals surface area contributed by atoms with Gasteiger partial charge in [-0.3, -0.25) is 24.7 Å². The van der Waals surface area contributed by atoms with Gasteiger partial charge in [-0.25, -0.2) is 0 Å². The van der Waals surface area contributed by atoms with Crippen LogP contribution in [0.4, 0.5) is 5.69 Å². The zero-order valence-electron chi connectivity index (χ0n) is 12.0. The molecule has 2 rings (SSSR count). The fourth-order valence-corrected chi connectivity index (χ4v) is 2.05. The van der Waals surface area contributed by atoms with Gasteiger partial charge in [-0.1, -0.05) is 0 Å². The van der Waals surface area contributed by atoms with E-state index in [0.29, 0.717) is 6.54 Å². The van der Waals surface area contributed by atoms with Crippen LogP contribution in [0.3, 0.4) is 0 Å². The Hall–Kier alpha value is -2.71.